The van der Waals surface area contributed by atoms with Gasteiger partial charge in [0.2, 0.25) is 11.8 Å². The van der Waals surface area contributed by atoms with Gasteiger partial charge in [0.1, 0.15) is 11.9 Å². The molecule has 3 atom stereocenters. The van der Waals surface area contributed by atoms with E-state index in [0.29, 0.717) is 17.0 Å². The zero-order valence-electron chi connectivity index (χ0n) is 23.7. The average molecular weight is 576 g/mol. The van der Waals surface area contributed by atoms with E-state index in [4.69, 9.17) is 4.74 Å². The van der Waals surface area contributed by atoms with E-state index < -0.39 is 22.2 Å². The van der Waals surface area contributed by atoms with Crippen LogP contribution in [-0.4, -0.2) is 83.0 Å². The molecule has 0 spiro atoms. The van der Waals surface area contributed by atoms with E-state index in [1.54, 1.807) is 41.6 Å². The van der Waals surface area contributed by atoms with Gasteiger partial charge in [-0.15, -0.1) is 0 Å². The molecule has 4 rings (SSSR count). The molecule has 1 aromatic heterocycles. The second-order valence-electron chi connectivity index (χ2n) is 11.2. The van der Waals surface area contributed by atoms with Gasteiger partial charge in [-0.1, -0.05) is 26.2 Å². The lowest BCUT2D eigenvalue weighted by atomic mass is 9.88. The van der Waals surface area contributed by atoms with Crippen molar-refractivity contribution in [1.82, 2.24) is 18.8 Å². The Morgan fingerprint density at radius 2 is 2.00 bits per heavy atom. The number of nitrogens with one attached hydrogen (secondary N) is 1. The summed E-state index contributed by atoms with van der Waals surface area (Å²) in [6, 6.07) is 4.82. The van der Waals surface area contributed by atoms with Crippen molar-refractivity contribution in [3.63, 3.8) is 0 Å². The molecule has 2 aliphatic rings. The summed E-state index contributed by atoms with van der Waals surface area (Å²) < 4.78 is 35.6. The monoisotopic (exact) mass is 575 g/mol. The number of amides is 2. The zero-order valence-corrected chi connectivity index (χ0v) is 24.6. The molecule has 1 aliphatic carbocycles. The molecular weight excluding hydrogens is 534 g/mol. The molecule has 1 fully saturated rings. The van der Waals surface area contributed by atoms with Crippen LogP contribution in [0.5, 0.6) is 5.75 Å². The largest absolute Gasteiger partial charge is 0.488 e. The Morgan fingerprint density at radius 3 is 2.65 bits per heavy atom. The molecule has 12 heteroatoms. The summed E-state index contributed by atoms with van der Waals surface area (Å²) in [6.07, 6.45) is 7.30. The van der Waals surface area contributed by atoms with Gasteiger partial charge in [0, 0.05) is 49.9 Å². The quantitative estimate of drug-likeness (QED) is 0.494. The summed E-state index contributed by atoms with van der Waals surface area (Å²) in [4.78, 5) is 31.9. The van der Waals surface area contributed by atoms with Gasteiger partial charge in [-0.3, -0.25) is 9.59 Å². The Hall–Kier alpha value is -2.96. The Labute approximate surface area is 236 Å². The molecule has 2 aromatic rings. The van der Waals surface area contributed by atoms with Gasteiger partial charge < -0.3 is 24.6 Å². The molecule has 0 radical (unpaired) electrons. The lowest BCUT2D eigenvalue weighted by molar-refractivity contribution is -0.134. The van der Waals surface area contributed by atoms with Crippen LogP contribution in [0.15, 0.2) is 35.7 Å². The van der Waals surface area contributed by atoms with E-state index in [2.05, 4.69) is 10.3 Å². The molecule has 0 saturated heterocycles. The maximum Gasteiger partial charge on any atom is 0.261 e. The fourth-order valence-electron chi connectivity index (χ4n) is 5.37. The number of carbonyl (C=O) groups excluding carboxylic acids is 2. The third-order valence-corrected chi connectivity index (χ3v) is 9.66. The molecule has 40 heavy (non-hydrogen) atoms. The van der Waals surface area contributed by atoms with Crippen LogP contribution in [0.25, 0.3) is 0 Å². The summed E-state index contributed by atoms with van der Waals surface area (Å²) in [7, 11) is -0.688. The maximum atomic E-state index is 13.4. The molecule has 0 bridgehead atoms. The van der Waals surface area contributed by atoms with Crippen LogP contribution in [0.3, 0.4) is 0 Å². The number of ether oxygens (including phenoxy) is 1. The van der Waals surface area contributed by atoms with E-state index in [1.807, 2.05) is 6.92 Å². The Morgan fingerprint density at radius 1 is 1.27 bits per heavy atom. The zero-order chi connectivity index (χ0) is 29.0. The minimum Gasteiger partial charge on any atom is -0.488 e. The van der Waals surface area contributed by atoms with Crippen molar-refractivity contribution < 1.29 is 27.9 Å². The number of hydrogen-bond acceptors (Lipinski definition) is 7. The first-order chi connectivity index (χ1) is 19.0. The minimum absolute atomic E-state index is 0.0143. The van der Waals surface area contributed by atoms with Crippen LogP contribution in [0.2, 0.25) is 0 Å². The fraction of sp³-hybridized carbons (Fsp3) is 0.607. The van der Waals surface area contributed by atoms with Crippen molar-refractivity contribution in [2.24, 2.45) is 18.9 Å². The van der Waals surface area contributed by atoms with E-state index in [9.17, 15) is 23.1 Å². The first-order valence-corrected chi connectivity index (χ1v) is 15.4. The summed E-state index contributed by atoms with van der Waals surface area (Å²) in [5.74, 6) is -0.0130. The van der Waals surface area contributed by atoms with Gasteiger partial charge in [-0.25, -0.2) is 13.4 Å². The number of fused-ring (bicyclic) bond motifs is 1. The number of aromatic nitrogens is 2. The molecule has 1 aromatic carbocycles. The highest BCUT2D eigenvalue weighted by Gasteiger charge is 2.34. The van der Waals surface area contributed by atoms with E-state index in [0.717, 1.165) is 32.1 Å². The van der Waals surface area contributed by atoms with Crippen LogP contribution in [-0.2, 0) is 33.1 Å². The highest BCUT2D eigenvalue weighted by atomic mass is 32.2. The first kappa shape index (κ1) is 30.0. The number of imidazole rings is 1. The third-order valence-electron chi connectivity index (χ3n) is 7.95. The summed E-state index contributed by atoms with van der Waals surface area (Å²) in [5, 5.41) is 12.8. The van der Waals surface area contributed by atoms with Gasteiger partial charge in [0.15, 0.2) is 5.03 Å². The number of carbonyl (C=O) groups is 2. The van der Waals surface area contributed by atoms with Crippen molar-refractivity contribution in [2.45, 2.75) is 69.5 Å². The van der Waals surface area contributed by atoms with Crippen molar-refractivity contribution in [3.05, 3.63) is 36.3 Å². The van der Waals surface area contributed by atoms with Crippen LogP contribution < -0.4 is 10.1 Å². The third kappa shape index (κ3) is 6.84. The normalized spacial score (nSPS) is 21.6. The topological polar surface area (TPSA) is 134 Å². The summed E-state index contributed by atoms with van der Waals surface area (Å²) in [5.41, 5.74) is 1.18. The van der Waals surface area contributed by atoms with E-state index in [-0.39, 0.29) is 54.8 Å². The number of aryl methyl sites for hydroxylation is 1. The minimum atomic E-state index is -3.87. The molecule has 2 heterocycles. The van der Waals surface area contributed by atoms with Gasteiger partial charge in [-0.05, 0) is 38.0 Å². The number of anilines is 1. The second kappa shape index (κ2) is 12.7. The van der Waals surface area contributed by atoms with Crippen molar-refractivity contribution >= 4 is 27.5 Å². The fourth-order valence-corrected chi connectivity index (χ4v) is 6.51. The molecule has 11 nitrogen and oxygen atoms in total. The number of aliphatic hydroxyl groups excluding tert-OH is 1. The lowest BCUT2D eigenvalue weighted by Crippen LogP contribution is -2.48. The van der Waals surface area contributed by atoms with Gasteiger partial charge in [-0.2, -0.15) is 4.31 Å². The van der Waals surface area contributed by atoms with Crippen molar-refractivity contribution in [3.8, 4) is 5.75 Å². The maximum absolute atomic E-state index is 13.4. The van der Waals surface area contributed by atoms with Crippen molar-refractivity contribution in [2.75, 3.05) is 32.1 Å². The molecular formula is C28H41N5O6S. The number of sulfonamides is 1. The van der Waals surface area contributed by atoms with E-state index >= 15 is 0 Å². The number of rotatable bonds is 8. The van der Waals surface area contributed by atoms with Crippen LogP contribution in [0, 0.1) is 11.8 Å². The average Bonchev–Trinajstić information content (AvgIpc) is 3.40. The number of aliphatic hydroxyl groups is 1. The van der Waals surface area contributed by atoms with Crippen molar-refractivity contribution in [1.29, 1.82) is 0 Å². The standard InChI is InChI=1S/C28H41N5O6S/c1-19-14-33(20(2)17-34)27(35)13-22-12-23(30-28(36)21-8-6-5-7-9-21)10-11-24(22)39-25(19)15-32(4)40(37,38)26-16-31(3)18-29-26/h10-12,16,18-21,25,34H,5-9,13-15,17H2,1-4H3,(H,30,36)/t19-,20+,25+/m1/s1. The van der Waals surface area contributed by atoms with E-state index in [1.165, 1.54) is 23.9 Å². The predicted octanol–water partition coefficient (Wildman–Crippen LogP) is 2.41. The Kier molecular flexibility index (Phi) is 9.52. The number of nitrogens with zero attached hydrogens (tertiary/aromatic N) is 4. The SMILES string of the molecule is C[C@@H]1CN([C@@H](C)CO)C(=O)Cc2cc(NC(=O)C3CCCCC3)ccc2O[C@H]1CN(C)S(=O)(=O)c1cn(C)cn1. The van der Waals surface area contributed by atoms with Gasteiger partial charge in [0.25, 0.3) is 10.0 Å². The molecule has 1 aliphatic heterocycles. The second-order valence-corrected chi connectivity index (χ2v) is 13.2. The number of hydrogen-bond donors (Lipinski definition) is 2. The number of benzene rings is 1. The molecule has 2 amide bonds. The molecule has 220 valence electrons. The van der Waals surface area contributed by atoms with Crippen LogP contribution in [0.1, 0.15) is 51.5 Å². The van der Waals surface area contributed by atoms with Gasteiger partial charge >= 0.3 is 0 Å². The number of likely N-dealkylation sites (N-methyl/N-ethyl adjacent to an activating group) is 1. The van der Waals surface area contributed by atoms with Gasteiger partial charge in [0.05, 0.1) is 31.9 Å². The smallest absolute Gasteiger partial charge is 0.261 e. The molecule has 0 unspecified atom stereocenters. The predicted molar refractivity (Wildman–Crippen MR) is 150 cm³/mol. The Balaban J connectivity index is 1.62. The highest BCUT2D eigenvalue weighted by Crippen LogP contribution is 2.31. The molecule has 2 N–H and O–H groups in total. The summed E-state index contributed by atoms with van der Waals surface area (Å²) >= 11 is 0. The molecule has 1 saturated carbocycles. The van der Waals surface area contributed by atoms with Crippen LogP contribution >= 0.6 is 0 Å². The summed E-state index contributed by atoms with van der Waals surface area (Å²) in [6.45, 7) is 3.78. The lowest BCUT2D eigenvalue weighted by Gasteiger charge is -2.33. The Bertz CT molecular complexity index is 1310. The van der Waals surface area contributed by atoms with Crippen LogP contribution in [0.4, 0.5) is 5.69 Å². The highest BCUT2D eigenvalue weighted by molar-refractivity contribution is 7.89. The first-order valence-electron chi connectivity index (χ1n) is 13.9.